The highest BCUT2D eigenvalue weighted by atomic mass is 32.2. The van der Waals surface area contributed by atoms with Gasteiger partial charge in [-0.1, -0.05) is 17.8 Å². The summed E-state index contributed by atoms with van der Waals surface area (Å²) in [5, 5.41) is 0.786. The molecule has 0 aliphatic carbocycles. The first-order valence-electron chi connectivity index (χ1n) is 7.22. The van der Waals surface area contributed by atoms with Crippen molar-refractivity contribution >= 4 is 17.7 Å². The van der Waals surface area contributed by atoms with Crippen LogP contribution in [0.5, 0.6) is 0 Å². The summed E-state index contributed by atoms with van der Waals surface area (Å²) in [7, 11) is 0. The first-order valence-corrected chi connectivity index (χ1v) is 8.20. The Morgan fingerprint density at radius 1 is 1.27 bits per heavy atom. The van der Waals surface area contributed by atoms with Gasteiger partial charge in [-0.3, -0.25) is 9.36 Å². The predicted molar refractivity (Wildman–Crippen MR) is 89.6 cm³/mol. The molecule has 0 aliphatic rings. The highest BCUT2D eigenvalue weighted by molar-refractivity contribution is 7.99. The van der Waals surface area contributed by atoms with Gasteiger partial charge < -0.3 is 4.74 Å². The van der Waals surface area contributed by atoms with E-state index in [4.69, 9.17) is 4.74 Å². The fraction of sp³-hybridized carbons (Fsp3) is 0.412. The van der Waals surface area contributed by atoms with Crippen molar-refractivity contribution in [2.75, 3.05) is 5.75 Å². The summed E-state index contributed by atoms with van der Waals surface area (Å²) in [6, 6.07) is 6.27. The molecular formula is C17H22N2O2S. The van der Waals surface area contributed by atoms with Crippen molar-refractivity contribution in [2.45, 2.75) is 45.4 Å². The molecule has 0 fully saturated rings. The van der Waals surface area contributed by atoms with Crippen LogP contribution in [0.25, 0.3) is 5.69 Å². The molecule has 22 heavy (non-hydrogen) atoms. The lowest BCUT2D eigenvalue weighted by molar-refractivity contribution is -0.151. The second-order valence-electron chi connectivity index (χ2n) is 6.22. The number of hydrogen-bond acceptors (Lipinski definition) is 4. The van der Waals surface area contributed by atoms with Gasteiger partial charge in [0, 0.05) is 18.1 Å². The van der Waals surface area contributed by atoms with Crippen LogP contribution in [0, 0.1) is 13.8 Å². The normalized spacial score (nSPS) is 11.5. The van der Waals surface area contributed by atoms with Crippen LogP contribution in [0.3, 0.4) is 0 Å². The zero-order chi connectivity index (χ0) is 16.3. The molecular weight excluding hydrogens is 296 g/mol. The molecule has 0 amide bonds. The van der Waals surface area contributed by atoms with E-state index in [1.54, 1.807) is 6.20 Å². The third-order valence-electron chi connectivity index (χ3n) is 3.11. The molecule has 0 spiro atoms. The Morgan fingerprint density at radius 3 is 2.64 bits per heavy atom. The number of ether oxygens (including phenoxy) is 1. The number of carbonyl (C=O) groups excluding carboxylic acids is 1. The summed E-state index contributed by atoms with van der Waals surface area (Å²) < 4.78 is 7.31. The number of hydrogen-bond donors (Lipinski definition) is 0. The predicted octanol–water partition coefficient (Wildman–Crippen LogP) is 3.92. The van der Waals surface area contributed by atoms with Crippen molar-refractivity contribution in [3.05, 3.63) is 41.7 Å². The van der Waals surface area contributed by atoms with Crippen molar-refractivity contribution in [3.8, 4) is 5.69 Å². The highest BCUT2D eigenvalue weighted by Gasteiger charge is 2.17. The SMILES string of the molecule is Cc1ccc(-n2ccnc2SCC(=O)OC(C)(C)C)cc1C. The topological polar surface area (TPSA) is 44.1 Å². The average molecular weight is 318 g/mol. The van der Waals surface area contributed by atoms with E-state index >= 15 is 0 Å². The van der Waals surface area contributed by atoms with E-state index < -0.39 is 5.60 Å². The van der Waals surface area contributed by atoms with Crippen LogP contribution < -0.4 is 0 Å². The molecule has 0 saturated heterocycles. The Kier molecular flexibility index (Phi) is 4.96. The van der Waals surface area contributed by atoms with Gasteiger partial charge in [-0.15, -0.1) is 0 Å². The fourth-order valence-corrected chi connectivity index (χ4v) is 2.71. The number of aryl methyl sites for hydroxylation is 2. The number of esters is 1. The molecule has 1 aromatic heterocycles. The van der Waals surface area contributed by atoms with E-state index in [-0.39, 0.29) is 11.7 Å². The number of nitrogens with zero attached hydrogens (tertiary/aromatic N) is 2. The molecule has 5 heteroatoms. The zero-order valence-corrected chi connectivity index (χ0v) is 14.5. The number of thioether (sulfide) groups is 1. The average Bonchev–Trinajstić information content (AvgIpc) is 2.86. The van der Waals surface area contributed by atoms with Crippen molar-refractivity contribution < 1.29 is 9.53 Å². The molecule has 0 unspecified atom stereocenters. The minimum Gasteiger partial charge on any atom is -0.459 e. The quantitative estimate of drug-likeness (QED) is 0.633. The fourth-order valence-electron chi connectivity index (χ4n) is 1.96. The van der Waals surface area contributed by atoms with Crippen LogP contribution >= 0.6 is 11.8 Å². The van der Waals surface area contributed by atoms with Gasteiger partial charge >= 0.3 is 5.97 Å². The Balaban J connectivity index is 2.10. The molecule has 2 aromatic rings. The highest BCUT2D eigenvalue weighted by Crippen LogP contribution is 2.22. The second-order valence-corrected chi connectivity index (χ2v) is 7.17. The number of carbonyl (C=O) groups is 1. The Bertz CT molecular complexity index is 672. The van der Waals surface area contributed by atoms with E-state index in [0.717, 1.165) is 10.8 Å². The minimum absolute atomic E-state index is 0.230. The van der Waals surface area contributed by atoms with E-state index in [1.807, 2.05) is 31.5 Å². The Labute approximate surface area is 135 Å². The molecule has 1 heterocycles. The van der Waals surface area contributed by atoms with Gasteiger partial charge in [0.05, 0.1) is 5.75 Å². The number of benzene rings is 1. The van der Waals surface area contributed by atoms with Gasteiger partial charge in [-0.05, 0) is 57.9 Å². The van der Waals surface area contributed by atoms with Gasteiger partial charge in [-0.25, -0.2) is 4.98 Å². The molecule has 4 nitrogen and oxygen atoms in total. The molecule has 0 N–H and O–H groups in total. The molecule has 0 radical (unpaired) electrons. The van der Waals surface area contributed by atoms with Crippen LogP contribution in [0.15, 0.2) is 35.7 Å². The monoisotopic (exact) mass is 318 g/mol. The van der Waals surface area contributed by atoms with Crippen molar-refractivity contribution in [3.63, 3.8) is 0 Å². The van der Waals surface area contributed by atoms with Gasteiger partial charge in [0.2, 0.25) is 0 Å². The van der Waals surface area contributed by atoms with Crippen LogP contribution in [0.1, 0.15) is 31.9 Å². The van der Waals surface area contributed by atoms with Crippen molar-refractivity contribution in [2.24, 2.45) is 0 Å². The van der Waals surface area contributed by atoms with E-state index in [2.05, 4.69) is 37.0 Å². The number of rotatable bonds is 4. The van der Waals surface area contributed by atoms with Crippen molar-refractivity contribution in [1.82, 2.24) is 9.55 Å². The third kappa shape index (κ3) is 4.37. The Morgan fingerprint density at radius 2 is 2.00 bits per heavy atom. The van der Waals surface area contributed by atoms with Crippen molar-refractivity contribution in [1.29, 1.82) is 0 Å². The molecule has 0 saturated carbocycles. The van der Waals surface area contributed by atoms with Crippen LogP contribution in [0.4, 0.5) is 0 Å². The largest absolute Gasteiger partial charge is 0.459 e. The summed E-state index contributed by atoms with van der Waals surface area (Å²) in [6.07, 6.45) is 3.65. The van der Waals surface area contributed by atoms with Crippen LogP contribution in [-0.4, -0.2) is 26.9 Å². The second kappa shape index (κ2) is 6.57. The summed E-state index contributed by atoms with van der Waals surface area (Å²) >= 11 is 1.38. The number of aromatic nitrogens is 2. The first-order chi connectivity index (χ1) is 10.3. The van der Waals surface area contributed by atoms with Gasteiger partial charge in [0.25, 0.3) is 0 Å². The lowest BCUT2D eigenvalue weighted by atomic mass is 10.1. The maximum atomic E-state index is 11.8. The van der Waals surface area contributed by atoms with Gasteiger partial charge in [-0.2, -0.15) is 0 Å². The number of imidazole rings is 1. The summed E-state index contributed by atoms with van der Waals surface area (Å²) in [5.74, 6) is 0.0196. The molecule has 0 atom stereocenters. The minimum atomic E-state index is -0.457. The lowest BCUT2D eigenvalue weighted by Gasteiger charge is -2.19. The van der Waals surface area contributed by atoms with Gasteiger partial charge in [0.15, 0.2) is 5.16 Å². The van der Waals surface area contributed by atoms with Crippen LogP contribution in [0.2, 0.25) is 0 Å². The lowest BCUT2D eigenvalue weighted by Crippen LogP contribution is -2.25. The van der Waals surface area contributed by atoms with Gasteiger partial charge in [0.1, 0.15) is 5.60 Å². The molecule has 118 valence electrons. The maximum Gasteiger partial charge on any atom is 0.316 e. The van der Waals surface area contributed by atoms with Crippen LogP contribution in [-0.2, 0) is 9.53 Å². The Hall–Kier alpha value is -1.75. The van der Waals surface area contributed by atoms with E-state index in [0.29, 0.717) is 0 Å². The summed E-state index contributed by atoms with van der Waals surface area (Å²) in [5.41, 5.74) is 3.08. The third-order valence-corrected chi connectivity index (χ3v) is 4.05. The van der Waals surface area contributed by atoms with E-state index in [9.17, 15) is 4.79 Å². The molecule has 0 bridgehead atoms. The molecule has 0 aliphatic heterocycles. The first kappa shape index (κ1) is 16.6. The smallest absolute Gasteiger partial charge is 0.316 e. The van der Waals surface area contributed by atoms with E-state index in [1.165, 1.54) is 22.9 Å². The molecule has 2 rings (SSSR count). The summed E-state index contributed by atoms with van der Waals surface area (Å²) in [6.45, 7) is 9.78. The summed E-state index contributed by atoms with van der Waals surface area (Å²) in [4.78, 5) is 16.2. The maximum absolute atomic E-state index is 11.8. The standard InChI is InChI=1S/C17H22N2O2S/c1-12-6-7-14(10-13(12)2)19-9-8-18-16(19)22-11-15(20)21-17(3,4)5/h6-10H,11H2,1-5H3. The molecule has 1 aromatic carbocycles. The zero-order valence-electron chi connectivity index (χ0n) is 13.7.